The van der Waals surface area contributed by atoms with Crippen LogP contribution in [0.1, 0.15) is 17.0 Å². The molecule has 2 atom stereocenters. The van der Waals surface area contributed by atoms with E-state index in [0.717, 1.165) is 16.4 Å². The molecule has 6 rings (SSSR count). The highest BCUT2D eigenvalue weighted by Crippen LogP contribution is 2.53. The molecule has 0 aliphatic carbocycles. The predicted octanol–water partition coefficient (Wildman–Crippen LogP) is 3.54. The lowest BCUT2D eigenvalue weighted by atomic mass is 9.87. The fourth-order valence-electron chi connectivity index (χ4n) is 4.56. The molecule has 8 bridgehead atoms. The second-order valence-corrected chi connectivity index (χ2v) is 11.1. The van der Waals surface area contributed by atoms with E-state index in [1.54, 1.807) is 30.4 Å². The summed E-state index contributed by atoms with van der Waals surface area (Å²) in [6.07, 6.45) is 12.7. The summed E-state index contributed by atoms with van der Waals surface area (Å²) in [7, 11) is -4.63. The lowest BCUT2D eigenvalue weighted by molar-refractivity contribution is 0.477. The molecule has 5 heterocycles. The quantitative estimate of drug-likeness (QED) is 0.264. The molecular formula is C26H18Cl2N4O3S. The Morgan fingerprint density at radius 1 is 0.833 bits per heavy atom. The van der Waals surface area contributed by atoms with Crippen LogP contribution < -0.4 is 10.7 Å². The van der Waals surface area contributed by atoms with Crippen LogP contribution in [0.15, 0.2) is 99.5 Å². The highest BCUT2D eigenvalue weighted by molar-refractivity contribution is 7.85. The standard InChI is InChI=1S/C26H18Cl2N4O3S/c27-25-12-11-21(32-25)15-19-8-7-17(30-19)13-16-5-6-18(29-16)14-20-9-10-24(31-20)26(25,28)22-3-1-2-4-23(22)36(33,34)35/h1-15,29,31H,(H,33,34,35). The summed E-state index contributed by atoms with van der Waals surface area (Å²) >= 11 is 14.5. The Morgan fingerprint density at radius 2 is 1.61 bits per heavy atom. The number of hydrogen-bond donors (Lipinski definition) is 3. The Kier molecular flexibility index (Phi) is 5.14. The zero-order valence-electron chi connectivity index (χ0n) is 18.5. The van der Waals surface area contributed by atoms with Crippen LogP contribution in [0.3, 0.4) is 0 Å². The molecule has 0 amide bonds. The lowest BCUT2D eigenvalue weighted by Crippen LogP contribution is -2.42. The second-order valence-electron chi connectivity index (χ2n) is 8.60. The van der Waals surface area contributed by atoms with Gasteiger partial charge in [0.1, 0.15) is 0 Å². The van der Waals surface area contributed by atoms with Gasteiger partial charge in [-0.2, -0.15) is 8.42 Å². The summed E-state index contributed by atoms with van der Waals surface area (Å²) in [5.41, 5.74) is 3.14. The van der Waals surface area contributed by atoms with Gasteiger partial charge in [0.05, 0.1) is 22.0 Å². The van der Waals surface area contributed by atoms with Gasteiger partial charge in [-0.15, -0.1) is 11.6 Å². The average molecular weight is 537 g/mol. The third-order valence-corrected chi connectivity index (χ3v) is 8.39. The normalized spacial score (nSPS) is 24.6. The first kappa shape index (κ1) is 23.0. The maximum Gasteiger partial charge on any atom is 0.294 e. The Labute approximate surface area is 216 Å². The van der Waals surface area contributed by atoms with Gasteiger partial charge in [0.2, 0.25) is 0 Å². The maximum atomic E-state index is 12.3. The zero-order chi connectivity index (χ0) is 25.1. The monoisotopic (exact) mass is 536 g/mol. The first-order chi connectivity index (χ1) is 17.1. The SMILES string of the molecule is O=S(=O)(O)c1ccccc1C1(Cl)c2ccc([nH]2)C=c2ccc([nH]2)=CC2=NC(=CC3=NC1(Cl)C=C3)C=C2. The summed E-state index contributed by atoms with van der Waals surface area (Å²) in [6, 6.07) is 13.4. The van der Waals surface area contributed by atoms with E-state index < -0.39 is 20.0 Å². The van der Waals surface area contributed by atoms with Gasteiger partial charge in [0.25, 0.3) is 10.1 Å². The van der Waals surface area contributed by atoms with Crippen molar-refractivity contribution in [3.63, 3.8) is 0 Å². The number of aliphatic imine (C=N–C) groups is 2. The molecule has 0 saturated carbocycles. The van der Waals surface area contributed by atoms with Crippen molar-refractivity contribution in [3.8, 4) is 0 Å². The third-order valence-electron chi connectivity index (χ3n) is 6.19. The molecule has 180 valence electrons. The minimum Gasteiger partial charge on any atom is -0.357 e. The Morgan fingerprint density at radius 3 is 2.42 bits per heavy atom. The Balaban J connectivity index is 1.67. The number of benzene rings is 1. The molecule has 7 nitrogen and oxygen atoms in total. The number of H-pyrrole nitrogens is 2. The molecule has 2 unspecified atom stereocenters. The maximum absolute atomic E-state index is 12.3. The van der Waals surface area contributed by atoms with Gasteiger partial charge in [-0.05, 0) is 72.9 Å². The van der Waals surface area contributed by atoms with Crippen molar-refractivity contribution in [2.45, 2.75) is 14.8 Å². The first-order valence-electron chi connectivity index (χ1n) is 10.9. The molecule has 3 aromatic rings. The molecule has 0 radical (unpaired) electrons. The number of fused-ring (bicyclic) bond motifs is 6. The molecule has 1 aromatic carbocycles. The molecular weight excluding hydrogens is 519 g/mol. The van der Waals surface area contributed by atoms with Crippen LogP contribution in [-0.2, 0) is 15.0 Å². The van der Waals surface area contributed by atoms with Crippen molar-refractivity contribution in [2.75, 3.05) is 0 Å². The molecule has 36 heavy (non-hydrogen) atoms. The highest BCUT2D eigenvalue weighted by atomic mass is 35.5. The molecule has 3 aliphatic rings. The van der Waals surface area contributed by atoms with E-state index in [2.05, 4.69) is 15.0 Å². The topological polar surface area (TPSA) is 111 Å². The lowest BCUT2D eigenvalue weighted by Gasteiger charge is -2.37. The van der Waals surface area contributed by atoms with Crippen LogP contribution in [0.4, 0.5) is 0 Å². The Bertz CT molecular complexity index is 1810. The number of alkyl halides is 2. The number of hydrogen-bond acceptors (Lipinski definition) is 4. The summed E-state index contributed by atoms with van der Waals surface area (Å²) in [6.45, 7) is 0. The van der Waals surface area contributed by atoms with Crippen molar-refractivity contribution in [3.05, 3.63) is 112 Å². The minimum atomic E-state index is -4.63. The first-order valence-corrected chi connectivity index (χ1v) is 13.1. The van der Waals surface area contributed by atoms with Gasteiger partial charge < -0.3 is 9.97 Å². The van der Waals surface area contributed by atoms with Crippen molar-refractivity contribution in [2.24, 2.45) is 9.98 Å². The van der Waals surface area contributed by atoms with Crippen LogP contribution in [0, 0.1) is 0 Å². The van der Waals surface area contributed by atoms with E-state index in [1.807, 2.05) is 42.5 Å². The fourth-order valence-corrected chi connectivity index (χ4v) is 6.11. The highest BCUT2D eigenvalue weighted by Gasteiger charge is 2.54. The average Bonchev–Trinajstić information content (AvgIpc) is 3.63. The van der Waals surface area contributed by atoms with E-state index in [9.17, 15) is 13.0 Å². The summed E-state index contributed by atoms with van der Waals surface area (Å²) < 4.78 is 34.7. The number of aromatic nitrogens is 2. The number of halogens is 2. The largest absolute Gasteiger partial charge is 0.357 e. The Hall–Kier alpha value is -3.43. The third kappa shape index (κ3) is 3.74. The number of nitrogens with one attached hydrogen (secondary N) is 2. The van der Waals surface area contributed by atoms with Crippen LogP contribution in [0.2, 0.25) is 0 Å². The van der Waals surface area contributed by atoms with Crippen molar-refractivity contribution in [1.29, 1.82) is 0 Å². The van der Waals surface area contributed by atoms with Crippen LogP contribution in [-0.4, -0.2) is 39.4 Å². The van der Waals surface area contributed by atoms with Gasteiger partial charge in [-0.1, -0.05) is 29.8 Å². The van der Waals surface area contributed by atoms with Crippen LogP contribution >= 0.6 is 23.2 Å². The van der Waals surface area contributed by atoms with Crippen molar-refractivity contribution in [1.82, 2.24) is 9.97 Å². The molecule has 3 aliphatic heterocycles. The summed E-state index contributed by atoms with van der Waals surface area (Å²) in [5, 5.41) is 1.72. The second kappa shape index (κ2) is 8.04. The predicted molar refractivity (Wildman–Crippen MR) is 142 cm³/mol. The van der Waals surface area contributed by atoms with E-state index in [4.69, 9.17) is 28.2 Å². The van der Waals surface area contributed by atoms with Crippen LogP contribution in [0.5, 0.6) is 0 Å². The molecule has 2 aromatic heterocycles. The van der Waals surface area contributed by atoms with E-state index in [1.165, 1.54) is 18.2 Å². The molecule has 0 spiro atoms. The summed E-state index contributed by atoms with van der Waals surface area (Å²) in [4.78, 5) is 12.2. The number of aromatic amines is 2. The zero-order valence-corrected chi connectivity index (χ0v) is 20.8. The molecule has 0 fully saturated rings. The summed E-state index contributed by atoms with van der Waals surface area (Å²) in [5.74, 6) is 0. The minimum absolute atomic E-state index is 0.0822. The van der Waals surface area contributed by atoms with E-state index in [0.29, 0.717) is 22.8 Å². The molecule has 0 saturated heterocycles. The number of nitrogens with zero attached hydrogens (tertiary/aromatic N) is 2. The number of rotatable bonds is 2. The van der Waals surface area contributed by atoms with Gasteiger partial charge in [-0.3, -0.25) is 9.55 Å². The smallest absolute Gasteiger partial charge is 0.294 e. The molecule has 10 heteroatoms. The van der Waals surface area contributed by atoms with Gasteiger partial charge in [0, 0.05) is 27.6 Å². The van der Waals surface area contributed by atoms with Gasteiger partial charge in [0.15, 0.2) is 9.87 Å². The van der Waals surface area contributed by atoms with E-state index in [-0.39, 0.29) is 10.5 Å². The molecule has 3 N–H and O–H groups in total. The van der Waals surface area contributed by atoms with Gasteiger partial charge in [-0.25, -0.2) is 4.99 Å². The van der Waals surface area contributed by atoms with Crippen molar-refractivity contribution < 1.29 is 13.0 Å². The number of allylic oxidation sites excluding steroid dienone is 4. The van der Waals surface area contributed by atoms with E-state index >= 15 is 0 Å². The van der Waals surface area contributed by atoms with Crippen molar-refractivity contribution >= 4 is 56.9 Å². The van der Waals surface area contributed by atoms with Gasteiger partial charge >= 0.3 is 0 Å². The van der Waals surface area contributed by atoms with Crippen LogP contribution in [0.25, 0.3) is 12.2 Å². The fraction of sp³-hybridized carbons (Fsp3) is 0.0769.